The molecular formula is C22H35IN4O2S. The SMILES string of the molecule is CN=C(NCC1(N2CCOCC2)CCSC1)N1CCOC(c2ccccc2C)C1.I. The first-order valence-corrected chi connectivity index (χ1v) is 11.9. The van der Waals surface area contributed by atoms with Crippen molar-refractivity contribution in [3.05, 3.63) is 35.4 Å². The molecular weight excluding hydrogens is 511 g/mol. The summed E-state index contributed by atoms with van der Waals surface area (Å²) in [5, 5.41) is 3.73. The first-order chi connectivity index (χ1) is 14.2. The predicted octanol–water partition coefficient (Wildman–Crippen LogP) is 2.77. The van der Waals surface area contributed by atoms with Gasteiger partial charge >= 0.3 is 0 Å². The summed E-state index contributed by atoms with van der Waals surface area (Å²) in [5.74, 6) is 3.42. The lowest BCUT2D eigenvalue weighted by Gasteiger charge is -2.44. The van der Waals surface area contributed by atoms with E-state index in [0.717, 1.165) is 58.5 Å². The van der Waals surface area contributed by atoms with E-state index in [2.05, 4.69) is 63.1 Å². The molecule has 2 unspecified atom stereocenters. The van der Waals surface area contributed by atoms with Gasteiger partial charge in [-0.05, 0) is 30.2 Å². The molecule has 0 aliphatic carbocycles. The summed E-state index contributed by atoms with van der Waals surface area (Å²) in [6, 6.07) is 8.53. The average molecular weight is 547 g/mol. The molecule has 4 rings (SSSR count). The van der Waals surface area contributed by atoms with Crippen LogP contribution in [0.25, 0.3) is 0 Å². The van der Waals surface area contributed by atoms with Crippen molar-refractivity contribution in [2.24, 2.45) is 4.99 Å². The summed E-state index contributed by atoms with van der Waals surface area (Å²) in [6.07, 6.45) is 1.33. The number of benzene rings is 1. The second-order valence-corrected chi connectivity index (χ2v) is 9.29. The van der Waals surface area contributed by atoms with Crippen molar-refractivity contribution in [2.75, 3.05) is 71.1 Å². The molecule has 3 aliphatic rings. The van der Waals surface area contributed by atoms with Crippen LogP contribution in [-0.4, -0.2) is 92.4 Å². The number of hydrogen-bond acceptors (Lipinski definition) is 5. The highest BCUT2D eigenvalue weighted by Crippen LogP contribution is 2.34. The minimum Gasteiger partial charge on any atom is -0.379 e. The van der Waals surface area contributed by atoms with E-state index in [1.54, 1.807) is 0 Å². The van der Waals surface area contributed by atoms with Gasteiger partial charge in [-0.1, -0.05) is 24.3 Å². The van der Waals surface area contributed by atoms with Gasteiger partial charge in [0, 0.05) is 44.5 Å². The van der Waals surface area contributed by atoms with Gasteiger partial charge in [0.15, 0.2) is 5.96 Å². The van der Waals surface area contributed by atoms with Crippen LogP contribution in [0.4, 0.5) is 0 Å². The lowest BCUT2D eigenvalue weighted by molar-refractivity contribution is -0.0151. The van der Waals surface area contributed by atoms with Crippen LogP contribution in [-0.2, 0) is 9.47 Å². The number of thioether (sulfide) groups is 1. The van der Waals surface area contributed by atoms with Gasteiger partial charge in [0.2, 0.25) is 0 Å². The number of rotatable bonds is 4. The maximum Gasteiger partial charge on any atom is 0.193 e. The van der Waals surface area contributed by atoms with Gasteiger partial charge < -0.3 is 19.7 Å². The number of halogens is 1. The van der Waals surface area contributed by atoms with Crippen LogP contribution in [0.15, 0.2) is 29.3 Å². The number of nitrogens with one attached hydrogen (secondary N) is 1. The van der Waals surface area contributed by atoms with Crippen LogP contribution in [0, 0.1) is 6.92 Å². The first kappa shape index (κ1) is 24.1. The van der Waals surface area contributed by atoms with Crippen LogP contribution in [0.2, 0.25) is 0 Å². The van der Waals surface area contributed by atoms with Gasteiger partial charge in [0.1, 0.15) is 6.10 Å². The first-order valence-electron chi connectivity index (χ1n) is 10.8. The standard InChI is InChI=1S/C22H34N4O2S.HI/c1-18-5-3-4-6-19(18)20-15-25(8-13-28-20)21(23-2)24-16-22(7-14-29-17-22)26-9-11-27-12-10-26;/h3-6,20H,7-17H2,1-2H3,(H,23,24);1H. The Morgan fingerprint density at radius 1 is 1.23 bits per heavy atom. The Balaban J connectivity index is 0.00000256. The third kappa shape index (κ3) is 5.43. The van der Waals surface area contributed by atoms with Crippen molar-refractivity contribution in [1.29, 1.82) is 0 Å². The van der Waals surface area contributed by atoms with Gasteiger partial charge in [-0.15, -0.1) is 24.0 Å². The maximum absolute atomic E-state index is 6.11. The zero-order chi connectivity index (χ0) is 20.1. The molecule has 1 aromatic rings. The molecule has 0 spiro atoms. The van der Waals surface area contributed by atoms with Gasteiger partial charge in [0.05, 0.1) is 26.4 Å². The molecule has 1 aromatic carbocycles. The monoisotopic (exact) mass is 546 g/mol. The van der Waals surface area contributed by atoms with Crippen molar-refractivity contribution < 1.29 is 9.47 Å². The molecule has 3 fully saturated rings. The maximum atomic E-state index is 6.11. The molecule has 6 nitrogen and oxygen atoms in total. The molecule has 3 aliphatic heterocycles. The normalized spacial score (nSPS) is 28.3. The molecule has 3 saturated heterocycles. The van der Waals surface area contributed by atoms with Crippen LogP contribution in [0.3, 0.4) is 0 Å². The third-order valence-electron chi connectivity index (χ3n) is 6.45. The number of aryl methyl sites for hydroxylation is 1. The fraction of sp³-hybridized carbons (Fsp3) is 0.682. The number of aliphatic imine (C=N–C) groups is 1. The highest BCUT2D eigenvalue weighted by molar-refractivity contribution is 14.0. The number of ether oxygens (including phenoxy) is 2. The topological polar surface area (TPSA) is 49.3 Å². The number of guanidine groups is 1. The fourth-order valence-corrected chi connectivity index (χ4v) is 6.17. The quantitative estimate of drug-likeness (QED) is 0.356. The van der Waals surface area contributed by atoms with Gasteiger partial charge in [-0.2, -0.15) is 11.8 Å². The number of hydrogen-bond donors (Lipinski definition) is 1. The molecule has 0 bridgehead atoms. The Morgan fingerprint density at radius 2 is 2.03 bits per heavy atom. The Kier molecular flexibility index (Phi) is 9.12. The largest absolute Gasteiger partial charge is 0.379 e. The molecule has 0 saturated carbocycles. The van der Waals surface area contributed by atoms with Crippen LogP contribution >= 0.6 is 35.7 Å². The smallest absolute Gasteiger partial charge is 0.193 e. The minimum absolute atomic E-state index is 0. The Morgan fingerprint density at radius 3 is 2.73 bits per heavy atom. The zero-order valence-electron chi connectivity index (χ0n) is 18.1. The van der Waals surface area contributed by atoms with Crippen LogP contribution in [0.1, 0.15) is 23.7 Å². The van der Waals surface area contributed by atoms with Crippen LogP contribution in [0.5, 0.6) is 0 Å². The molecule has 0 aromatic heterocycles. The number of morpholine rings is 2. The van der Waals surface area contributed by atoms with Crippen molar-refractivity contribution in [2.45, 2.75) is 25.0 Å². The van der Waals surface area contributed by atoms with Crippen molar-refractivity contribution >= 4 is 41.7 Å². The highest BCUT2D eigenvalue weighted by atomic mass is 127. The van der Waals surface area contributed by atoms with Crippen LogP contribution < -0.4 is 5.32 Å². The van der Waals surface area contributed by atoms with Gasteiger partial charge in [-0.3, -0.25) is 9.89 Å². The summed E-state index contributed by atoms with van der Waals surface area (Å²) in [6.45, 7) is 9.32. The Bertz CT molecular complexity index is 708. The van der Waals surface area contributed by atoms with E-state index in [0.29, 0.717) is 0 Å². The van der Waals surface area contributed by atoms with E-state index >= 15 is 0 Å². The van der Waals surface area contributed by atoms with Crippen molar-refractivity contribution in [3.8, 4) is 0 Å². The molecule has 3 heterocycles. The number of nitrogens with zero attached hydrogens (tertiary/aromatic N) is 3. The third-order valence-corrected chi connectivity index (χ3v) is 7.69. The minimum atomic E-state index is 0. The summed E-state index contributed by atoms with van der Waals surface area (Å²) in [7, 11) is 1.89. The molecule has 2 atom stereocenters. The van der Waals surface area contributed by atoms with E-state index in [4.69, 9.17) is 9.47 Å². The molecule has 0 radical (unpaired) electrons. The summed E-state index contributed by atoms with van der Waals surface area (Å²) in [5.41, 5.74) is 2.78. The molecule has 1 N–H and O–H groups in total. The predicted molar refractivity (Wildman–Crippen MR) is 135 cm³/mol. The van der Waals surface area contributed by atoms with E-state index in [9.17, 15) is 0 Å². The Labute approximate surface area is 202 Å². The molecule has 0 amide bonds. The van der Waals surface area contributed by atoms with E-state index in [1.807, 2.05) is 7.05 Å². The highest BCUT2D eigenvalue weighted by Gasteiger charge is 2.41. The van der Waals surface area contributed by atoms with Gasteiger partial charge in [0.25, 0.3) is 0 Å². The average Bonchev–Trinajstić information content (AvgIpc) is 3.26. The van der Waals surface area contributed by atoms with Crippen molar-refractivity contribution in [1.82, 2.24) is 15.1 Å². The molecule has 168 valence electrons. The van der Waals surface area contributed by atoms with E-state index < -0.39 is 0 Å². The van der Waals surface area contributed by atoms with Gasteiger partial charge in [-0.25, -0.2) is 0 Å². The van der Waals surface area contributed by atoms with Crippen molar-refractivity contribution in [3.63, 3.8) is 0 Å². The lowest BCUT2D eigenvalue weighted by Crippen LogP contribution is -2.60. The summed E-state index contributed by atoms with van der Waals surface area (Å²) < 4.78 is 11.7. The van der Waals surface area contributed by atoms with E-state index in [1.165, 1.54) is 29.1 Å². The molecule has 30 heavy (non-hydrogen) atoms. The second kappa shape index (κ2) is 11.4. The van der Waals surface area contributed by atoms with E-state index in [-0.39, 0.29) is 35.6 Å². The second-order valence-electron chi connectivity index (χ2n) is 8.19. The zero-order valence-corrected chi connectivity index (χ0v) is 21.3. The summed E-state index contributed by atoms with van der Waals surface area (Å²) in [4.78, 5) is 9.63. The Hall–Kier alpha value is -0.550. The molecule has 8 heteroatoms. The fourth-order valence-electron chi connectivity index (χ4n) is 4.69. The lowest BCUT2D eigenvalue weighted by atomic mass is 9.95. The summed E-state index contributed by atoms with van der Waals surface area (Å²) >= 11 is 2.07.